The molecule has 0 spiro atoms. The van der Waals surface area contributed by atoms with Crippen LogP contribution < -0.4 is 4.90 Å². The van der Waals surface area contributed by atoms with Gasteiger partial charge in [0.15, 0.2) is 0 Å². The number of pyridine rings is 1. The Bertz CT molecular complexity index is 354. The largest absolute Gasteiger partial charge is 0.355 e. The fourth-order valence-electron chi connectivity index (χ4n) is 2.40. The van der Waals surface area contributed by atoms with Crippen LogP contribution in [0.5, 0.6) is 0 Å². The molecule has 0 radical (unpaired) electrons. The second kappa shape index (κ2) is 5.05. The summed E-state index contributed by atoms with van der Waals surface area (Å²) in [6.07, 6.45) is 4.85. The third-order valence-electron chi connectivity index (χ3n) is 3.38. The molecule has 1 aromatic heterocycles. The summed E-state index contributed by atoms with van der Waals surface area (Å²) in [5, 5.41) is 0.265. The van der Waals surface area contributed by atoms with Crippen molar-refractivity contribution in [1.29, 1.82) is 0 Å². The number of hydrogen-bond acceptors (Lipinski definition) is 2. The molecule has 0 saturated heterocycles. The number of rotatable bonds is 2. The second-order valence-electron chi connectivity index (χ2n) is 4.62. The van der Waals surface area contributed by atoms with Gasteiger partial charge in [-0.15, -0.1) is 11.6 Å². The number of aryl methyl sites for hydroxylation is 1. The van der Waals surface area contributed by atoms with Crippen molar-refractivity contribution in [3.63, 3.8) is 0 Å². The summed E-state index contributed by atoms with van der Waals surface area (Å²) in [5.41, 5.74) is 1.06. The van der Waals surface area contributed by atoms with Crippen molar-refractivity contribution in [2.45, 2.75) is 44.0 Å². The number of anilines is 1. The van der Waals surface area contributed by atoms with Crippen LogP contribution >= 0.6 is 11.6 Å². The molecule has 1 aliphatic carbocycles. The Kier molecular flexibility index (Phi) is 3.70. The number of halogens is 1. The van der Waals surface area contributed by atoms with Gasteiger partial charge in [-0.25, -0.2) is 4.98 Å². The smallest absolute Gasteiger partial charge is 0.128 e. The lowest BCUT2D eigenvalue weighted by Crippen LogP contribution is -2.41. The highest BCUT2D eigenvalue weighted by Crippen LogP contribution is 2.28. The van der Waals surface area contributed by atoms with E-state index in [9.17, 15) is 0 Å². The monoisotopic (exact) mass is 238 g/mol. The maximum atomic E-state index is 6.40. The van der Waals surface area contributed by atoms with Crippen molar-refractivity contribution in [2.24, 2.45) is 0 Å². The van der Waals surface area contributed by atoms with Crippen LogP contribution in [0.3, 0.4) is 0 Å². The maximum Gasteiger partial charge on any atom is 0.128 e. The van der Waals surface area contributed by atoms with Gasteiger partial charge >= 0.3 is 0 Å². The van der Waals surface area contributed by atoms with E-state index in [-0.39, 0.29) is 5.38 Å². The van der Waals surface area contributed by atoms with Crippen molar-refractivity contribution in [3.05, 3.63) is 23.9 Å². The Balaban J connectivity index is 2.14. The first-order valence-corrected chi connectivity index (χ1v) is 6.42. The first-order valence-electron chi connectivity index (χ1n) is 5.99. The van der Waals surface area contributed by atoms with E-state index in [1.54, 1.807) is 0 Å². The van der Waals surface area contributed by atoms with Gasteiger partial charge in [0.25, 0.3) is 0 Å². The number of hydrogen-bond donors (Lipinski definition) is 0. The average Bonchev–Trinajstić information content (AvgIpc) is 2.29. The van der Waals surface area contributed by atoms with Crippen molar-refractivity contribution >= 4 is 17.4 Å². The molecule has 3 heteroatoms. The highest BCUT2D eigenvalue weighted by atomic mass is 35.5. The van der Waals surface area contributed by atoms with Gasteiger partial charge in [-0.2, -0.15) is 0 Å². The van der Waals surface area contributed by atoms with Crippen LogP contribution in [0.4, 0.5) is 5.82 Å². The van der Waals surface area contributed by atoms with Gasteiger partial charge in [-0.05, 0) is 31.9 Å². The molecule has 2 rings (SSSR count). The first-order chi connectivity index (χ1) is 7.68. The lowest BCUT2D eigenvalue weighted by Gasteiger charge is -2.35. The molecule has 0 aromatic carbocycles. The highest BCUT2D eigenvalue weighted by Gasteiger charge is 2.27. The Morgan fingerprint density at radius 1 is 1.31 bits per heavy atom. The van der Waals surface area contributed by atoms with Crippen molar-refractivity contribution < 1.29 is 0 Å². The van der Waals surface area contributed by atoms with E-state index >= 15 is 0 Å². The third-order valence-corrected chi connectivity index (χ3v) is 3.89. The summed E-state index contributed by atoms with van der Waals surface area (Å²) in [7, 11) is 2.10. The lowest BCUT2D eigenvalue weighted by molar-refractivity contribution is 0.432. The van der Waals surface area contributed by atoms with E-state index in [2.05, 4.69) is 29.1 Å². The van der Waals surface area contributed by atoms with Gasteiger partial charge < -0.3 is 4.90 Å². The van der Waals surface area contributed by atoms with Crippen LogP contribution in [0.2, 0.25) is 0 Å². The molecular weight excluding hydrogens is 220 g/mol. The van der Waals surface area contributed by atoms with Crippen LogP contribution in [0, 0.1) is 6.92 Å². The van der Waals surface area contributed by atoms with Crippen molar-refractivity contribution in [1.82, 2.24) is 4.98 Å². The third kappa shape index (κ3) is 2.49. The minimum Gasteiger partial charge on any atom is -0.355 e. The zero-order valence-electron chi connectivity index (χ0n) is 9.99. The second-order valence-corrected chi connectivity index (χ2v) is 5.18. The summed E-state index contributed by atoms with van der Waals surface area (Å²) in [4.78, 5) is 6.79. The average molecular weight is 239 g/mol. The van der Waals surface area contributed by atoms with Gasteiger partial charge in [0.1, 0.15) is 5.82 Å². The lowest BCUT2D eigenvalue weighted by atomic mass is 9.94. The van der Waals surface area contributed by atoms with E-state index in [0.29, 0.717) is 6.04 Å². The summed E-state index contributed by atoms with van der Waals surface area (Å²) in [6, 6.07) is 6.58. The maximum absolute atomic E-state index is 6.40. The number of alkyl halides is 1. The molecular formula is C13H19ClN2. The van der Waals surface area contributed by atoms with E-state index in [1.165, 1.54) is 19.3 Å². The highest BCUT2D eigenvalue weighted by molar-refractivity contribution is 6.21. The van der Waals surface area contributed by atoms with Gasteiger partial charge in [-0.1, -0.05) is 18.9 Å². The Hall–Kier alpha value is -0.760. The van der Waals surface area contributed by atoms with E-state index in [1.807, 2.05) is 13.0 Å². The number of nitrogens with zero attached hydrogens (tertiary/aromatic N) is 2. The molecule has 16 heavy (non-hydrogen) atoms. The molecule has 2 atom stereocenters. The molecule has 0 bridgehead atoms. The predicted octanol–water partition coefficient (Wildman–Crippen LogP) is 3.38. The zero-order chi connectivity index (χ0) is 11.5. The van der Waals surface area contributed by atoms with Crippen molar-refractivity contribution in [3.8, 4) is 0 Å². The summed E-state index contributed by atoms with van der Waals surface area (Å²) in [5.74, 6) is 1.04. The molecule has 2 unspecified atom stereocenters. The fraction of sp³-hybridized carbons (Fsp3) is 0.615. The van der Waals surface area contributed by atoms with Gasteiger partial charge in [-0.3, -0.25) is 0 Å². The fourth-order valence-corrected chi connectivity index (χ4v) is 2.85. The Morgan fingerprint density at radius 2 is 2.06 bits per heavy atom. The van der Waals surface area contributed by atoms with E-state index in [0.717, 1.165) is 17.9 Å². The first kappa shape index (κ1) is 11.7. The molecule has 1 heterocycles. The molecule has 1 aromatic rings. The summed E-state index contributed by atoms with van der Waals surface area (Å²) in [6.45, 7) is 2.02. The van der Waals surface area contributed by atoms with Gasteiger partial charge in [0, 0.05) is 18.8 Å². The molecule has 1 fully saturated rings. The van der Waals surface area contributed by atoms with Gasteiger partial charge in [0.2, 0.25) is 0 Å². The minimum atomic E-state index is 0.265. The predicted molar refractivity (Wildman–Crippen MR) is 69.3 cm³/mol. The molecule has 88 valence electrons. The standard InChI is InChI=1S/C13H19ClN2/c1-10-6-5-9-13(15-10)16(2)12-8-4-3-7-11(12)14/h5-6,9,11-12H,3-4,7-8H2,1-2H3. The molecule has 0 amide bonds. The molecule has 0 aliphatic heterocycles. The molecule has 1 saturated carbocycles. The molecule has 1 aliphatic rings. The van der Waals surface area contributed by atoms with Crippen LogP contribution in [0.25, 0.3) is 0 Å². The summed E-state index contributed by atoms with van der Waals surface area (Å²) >= 11 is 6.40. The molecule has 2 nitrogen and oxygen atoms in total. The van der Waals surface area contributed by atoms with Gasteiger partial charge in [0.05, 0.1) is 5.38 Å². The van der Waals surface area contributed by atoms with Crippen LogP contribution in [0.15, 0.2) is 18.2 Å². The molecule has 0 N–H and O–H groups in total. The minimum absolute atomic E-state index is 0.265. The van der Waals surface area contributed by atoms with Crippen molar-refractivity contribution in [2.75, 3.05) is 11.9 Å². The quantitative estimate of drug-likeness (QED) is 0.735. The Morgan fingerprint density at radius 3 is 2.75 bits per heavy atom. The summed E-state index contributed by atoms with van der Waals surface area (Å²) < 4.78 is 0. The van der Waals surface area contributed by atoms with Crippen LogP contribution in [0.1, 0.15) is 31.4 Å². The van der Waals surface area contributed by atoms with E-state index < -0.39 is 0 Å². The Labute approximate surface area is 103 Å². The SMILES string of the molecule is Cc1cccc(N(C)C2CCCCC2Cl)n1. The zero-order valence-corrected chi connectivity index (χ0v) is 10.7. The van der Waals surface area contributed by atoms with Crippen LogP contribution in [-0.2, 0) is 0 Å². The normalized spacial score (nSPS) is 25.4. The topological polar surface area (TPSA) is 16.1 Å². The van der Waals surface area contributed by atoms with E-state index in [4.69, 9.17) is 11.6 Å². The number of aromatic nitrogens is 1. The van der Waals surface area contributed by atoms with Crippen LogP contribution in [-0.4, -0.2) is 23.5 Å².